The first-order chi connectivity index (χ1) is 10.3. The summed E-state index contributed by atoms with van der Waals surface area (Å²) in [5.74, 6) is 1.41. The van der Waals surface area contributed by atoms with Crippen molar-refractivity contribution in [3.05, 3.63) is 43.0 Å². The van der Waals surface area contributed by atoms with E-state index in [0.29, 0.717) is 35.9 Å². The summed E-state index contributed by atoms with van der Waals surface area (Å²) in [6, 6.07) is 6.67. The molecule has 2 heterocycles. The van der Waals surface area contributed by atoms with Crippen LogP contribution in [0.4, 0.5) is 5.82 Å². The maximum Gasteiger partial charge on any atom is 0.183 e. The number of anilines is 1. The van der Waals surface area contributed by atoms with Gasteiger partial charge in [0.1, 0.15) is 29.9 Å². The molecule has 2 N–H and O–H groups in total. The topological polar surface area (TPSA) is 93.1 Å². The van der Waals surface area contributed by atoms with Crippen molar-refractivity contribution in [2.24, 2.45) is 0 Å². The number of aromatic nitrogens is 4. The highest BCUT2D eigenvalue weighted by molar-refractivity contribution is 5.81. The number of nitrogens with zero attached hydrogens (tertiary/aromatic N) is 4. The van der Waals surface area contributed by atoms with Gasteiger partial charge in [0.2, 0.25) is 0 Å². The molecule has 106 valence electrons. The van der Waals surface area contributed by atoms with Crippen LogP contribution < -0.4 is 10.1 Å². The molecule has 0 amide bonds. The van der Waals surface area contributed by atoms with Crippen LogP contribution in [0.1, 0.15) is 0 Å². The lowest BCUT2D eigenvalue weighted by atomic mass is 10.3. The van der Waals surface area contributed by atoms with Crippen molar-refractivity contribution in [3.63, 3.8) is 0 Å². The summed E-state index contributed by atoms with van der Waals surface area (Å²) in [4.78, 5) is 16.5. The van der Waals surface area contributed by atoms with Crippen LogP contribution in [0.25, 0.3) is 11.2 Å². The van der Waals surface area contributed by atoms with Gasteiger partial charge in [-0.15, -0.1) is 0 Å². The van der Waals surface area contributed by atoms with E-state index in [-0.39, 0.29) is 5.75 Å². The summed E-state index contributed by atoms with van der Waals surface area (Å²) in [5.41, 5.74) is 1.17. The van der Waals surface area contributed by atoms with Crippen LogP contribution in [0.5, 0.6) is 11.5 Å². The zero-order chi connectivity index (χ0) is 14.5. The second-order valence-corrected chi connectivity index (χ2v) is 4.22. The van der Waals surface area contributed by atoms with Gasteiger partial charge in [0.25, 0.3) is 0 Å². The zero-order valence-corrected chi connectivity index (χ0v) is 11.1. The molecule has 0 fully saturated rings. The van der Waals surface area contributed by atoms with Crippen molar-refractivity contribution in [2.75, 3.05) is 18.5 Å². The number of hydrogen-bond acceptors (Lipinski definition) is 7. The van der Waals surface area contributed by atoms with Crippen molar-refractivity contribution in [2.45, 2.75) is 0 Å². The third-order valence-electron chi connectivity index (χ3n) is 2.75. The third-order valence-corrected chi connectivity index (χ3v) is 2.75. The number of hydrogen-bond donors (Lipinski definition) is 2. The highest BCUT2D eigenvalue weighted by Crippen LogP contribution is 2.17. The number of benzene rings is 1. The van der Waals surface area contributed by atoms with Crippen LogP contribution in [0, 0.1) is 0 Å². The smallest absolute Gasteiger partial charge is 0.183 e. The van der Waals surface area contributed by atoms with Gasteiger partial charge in [0.05, 0.1) is 6.54 Å². The van der Waals surface area contributed by atoms with E-state index in [9.17, 15) is 5.11 Å². The van der Waals surface area contributed by atoms with Crippen molar-refractivity contribution >= 4 is 17.0 Å². The molecule has 0 bridgehead atoms. The molecular formula is C14H13N5O2. The van der Waals surface area contributed by atoms with Crippen molar-refractivity contribution in [1.82, 2.24) is 19.9 Å². The Bertz CT molecular complexity index is 745. The average Bonchev–Trinajstić information content (AvgIpc) is 2.52. The van der Waals surface area contributed by atoms with Crippen LogP contribution in [0.15, 0.2) is 43.0 Å². The van der Waals surface area contributed by atoms with E-state index in [1.807, 2.05) is 0 Å². The number of fused-ring (bicyclic) bond motifs is 1. The van der Waals surface area contributed by atoms with Crippen LogP contribution >= 0.6 is 0 Å². The Balaban J connectivity index is 1.60. The quantitative estimate of drug-likeness (QED) is 0.687. The number of phenols is 1. The molecule has 0 atom stereocenters. The molecule has 0 saturated heterocycles. The lowest BCUT2D eigenvalue weighted by Gasteiger charge is -2.09. The Hall–Kier alpha value is -2.96. The molecule has 7 heteroatoms. The summed E-state index contributed by atoms with van der Waals surface area (Å²) in [6.07, 6.45) is 4.62. The molecule has 0 radical (unpaired) electrons. The normalized spacial score (nSPS) is 10.5. The average molecular weight is 283 g/mol. The minimum Gasteiger partial charge on any atom is -0.508 e. The molecule has 0 spiro atoms. The number of aromatic hydroxyl groups is 1. The summed E-state index contributed by atoms with van der Waals surface area (Å²) in [5, 5.41) is 12.5. The molecule has 0 aliphatic rings. The molecular weight excluding hydrogens is 270 g/mol. The highest BCUT2D eigenvalue weighted by Gasteiger charge is 2.04. The van der Waals surface area contributed by atoms with E-state index < -0.39 is 0 Å². The zero-order valence-electron chi connectivity index (χ0n) is 11.1. The Morgan fingerprint density at radius 2 is 2.00 bits per heavy atom. The van der Waals surface area contributed by atoms with Crippen molar-refractivity contribution < 1.29 is 9.84 Å². The van der Waals surface area contributed by atoms with Gasteiger partial charge >= 0.3 is 0 Å². The lowest BCUT2D eigenvalue weighted by Crippen LogP contribution is -2.13. The Kier molecular flexibility index (Phi) is 3.72. The molecule has 0 saturated carbocycles. The van der Waals surface area contributed by atoms with Gasteiger partial charge < -0.3 is 15.2 Å². The van der Waals surface area contributed by atoms with E-state index in [0.717, 1.165) is 0 Å². The summed E-state index contributed by atoms with van der Waals surface area (Å²) < 4.78 is 5.52. The predicted octanol–water partition coefficient (Wildman–Crippen LogP) is 1.62. The fourth-order valence-corrected chi connectivity index (χ4v) is 1.84. The summed E-state index contributed by atoms with van der Waals surface area (Å²) in [7, 11) is 0. The number of rotatable bonds is 5. The fraction of sp³-hybridized carbons (Fsp3) is 0.143. The fourth-order valence-electron chi connectivity index (χ4n) is 1.84. The largest absolute Gasteiger partial charge is 0.508 e. The first-order valence-electron chi connectivity index (χ1n) is 6.40. The van der Waals surface area contributed by atoms with Gasteiger partial charge in [-0.1, -0.05) is 6.07 Å². The molecule has 0 aliphatic carbocycles. The lowest BCUT2D eigenvalue weighted by molar-refractivity contribution is 0.330. The van der Waals surface area contributed by atoms with Crippen LogP contribution in [0.2, 0.25) is 0 Å². The molecule has 2 aromatic heterocycles. The highest BCUT2D eigenvalue weighted by atomic mass is 16.5. The van der Waals surface area contributed by atoms with E-state index in [4.69, 9.17) is 4.74 Å². The van der Waals surface area contributed by atoms with Gasteiger partial charge in [-0.25, -0.2) is 19.9 Å². The summed E-state index contributed by atoms with van der Waals surface area (Å²) >= 11 is 0. The Morgan fingerprint density at radius 1 is 1.10 bits per heavy atom. The van der Waals surface area contributed by atoms with Crippen molar-refractivity contribution in [3.8, 4) is 11.5 Å². The number of ether oxygens (including phenoxy) is 1. The minimum atomic E-state index is 0.178. The molecule has 21 heavy (non-hydrogen) atoms. The van der Waals surface area contributed by atoms with Gasteiger partial charge in [0, 0.05) is 18.5 Å². The van der Waals surface area contributed by atoms with Gasteiger partial charge in [-0.2, -0.15) is 0 Å². The van der Waals surface area contributed by atoms with Crippen LogP contribution in [-0.2, 0) is 0 Å². The molecule has 0 aliphatic heterocycles. The predicted molar refractivity (Wildman–Crippen MR) is 77.2 cm³/mol. The molecule has 3 rings (SSSR count). The number of phenolic OH excluding ortho intramolecular Hbond substituents is 1. The second kappa shape index (κ2) is 6.00. The molecule has 0 unspecified atom stereocenters. The SMILES string of the molecule is Oc1cccc(OCCNc2ncnc3nccnc23)c1. The maximum absolute atomic E-state index is 9.34. The Labute approximate surface area is 120 Å². The second-order valence-electron chi connectivity index (χ2n) is 4.22. The van der Waals surface area contributed by atoms with E-state index in [1.165, 1.54) is 6.33 Å². The Morgan fingerprint density at radius 3 is 2.90 bits per heavy atom. The van der Waals surface area contributed by atoms with E-state index in [2.05, 4.69) is 25.3 Å². The summed E-state index contributed by atoms with van der Waals surface area (Å²) in [6.45, 7) is 0.966. The maximum atomic E-state index is 9.34. The molecule has 1 aromatic carbocycles. The van der Waals surface area contributed by atoms with Crippen LogP contribution in [-0.4, -0.2) is 38.2 Å². The molecule has 7 nitrogen and oxygen atoms in total. The van der Waals surface area contributed by atoms with E-state index >= 15 is 0 Å². The van der Waals surface area contributed by atoms with Crippen molar-refractivity contribution in [1.29, 1.82) is 0 Å². The van der Waals surface area contributed by atoms with Gasteiger partial charge in [-0.05, 0) is 12.1 Å². The first-order valence-corrected chi connectivity index (χ1v) is 6.40. The van der Waals surface area contributed by atoms with Crippen LogP contribution in [0.3, 0.4) is 0 Å². The molecule has 3 aromatic rings. The number of nitrogens with one attached hydrogen (secondary N) is 1. The minimum absolute atomic E-state index is 0.178. The van der Waals surface area contributed by atoms with Gasteiger partial charge in [-0.3, -0.25) is 0 Å². The van der Waals surface area contributed by atoms with E-state index in [1.54, 1.807) is 36.7 Å². The standard InChI is InChI=1S/C14H13N5O2/c20-10-2-1-3-11(8-10)21-7-6-17-14-12-13(18-9-19-14)16-5-4-15-12/h1-5,8-9,20H,6-7H2,(H,16,17,18,19). The first kappa shape index (κ1) is 13.0. The monoisotopic (exact) mass is 283 g/mol. The third kappa shape index (κ3) is 3.14. The van der Waals surface area contributed by atoms with Gasteiger partial charge in [0.15, 0.2) is 11.5 Å².